The quantitative estimate of drug-likeness (QED) is 0.861. The summed E-state index contributed by atoms with van der Waals surface area (Å²) in [6.07, 6.45) is 0.262. The number of nitrogens with zero attached hydrogens (tertiary/aromatic N) is 2. The van der Waals surface area contributed by atoms with Gasteiger partial charge in [0.1, 0.15) is 6.04 Å². The van der Waals surface area contributed by atoms with Crippen LogP contribution in [0.3, 0.4) is 0 Å². The van der Waals surface area contributed by atoms with E-state index >= 15 is 0 Å². The fourth-order valence-electron chi connectivity index (χ4n) is 1.78. The smallest absolute Gasteiger partial charge is 0.249 e. The molecule has 112 valence electrons. The molecule has 0 aliphatic rings. The van der Waals surface area contributed by atoms with Crippen molar-refractivity contribution < 1.29 is 9.32 Å². The van der Waals surface area contributed by atoms with E-state index in [0.717, 1.165) is 10.0 Å². The maximum absolute atomic E-state index is 11.7. The first-order chi connectivity index (χ1) is 9.95. The number of amides is 1. The fraction of sp³-hybridized carbons (Fsp3) is 0.357. The highest BCUT2D eigenvalue weighted by Crippen LogP contribution is 2.20. The predicted molar refractivity (Wildman–Crippen MR) is 82.3 cm³/mol. The molecule has 0 aliphatic heterocycles. The van der Waals surface area contributed by atoms with Crippen LogP contribution in [0.1, 0.15) is 32.2 Å². The number of benzene rings is 1. The van der Waals surface area contributed by atoms with Gasteiger partial charge in [0.05, 0.1) is 0 Å². The number of hydrogen-bond donors (Lipinski definition) is 2. The van der Waals surface area contributed by atoms with Gasteiger partial charge in [0.25, 0.3) is 0 Å². The van der Waals surface area contributed by atoms with Crippen LogP contribution in [0.15, 0.2) is 33.3 Å². The van der Waals surface area contributed by atoms with Crippen molar-refractivity contribution in [3.8, 4) is 11.4 Å². The third-order valence-electron chi connectivity index (χ3n) is 2.80. The highest BCUT2D eigenvalue weighted by atomic mass is 79.9. The summed E-state index contributed by atoms with van der Waals surface area (Å²) >= 11 is 3.37. The van der Waals surface area contributed by atoms with Crippen molar-refractivity contribution >= 4 is 21.8 Å². The molecule has 2 atom stereocenters. The van der Waals surface area contributed by atoms with Crippen LogP contribution in [0.2, 0.25) is 0 Å². The molecule has 1 amide bonds. The molecule has 21 heavy (non-hydrogen) atoms. The van der Waals surface area contributed by atoms with Crippen molar-refractivity contribution in [3.63, 3.8) is 0 Å². The number of nitrogens with two attached hydrogens (primary N) is 1. The van der Waals surface area contributed by atoms with Gasteiger partial charge in [-0.25, -0.2) is 0 Å². The summed E-state index contributed by atoms with van der Waals surface area (Å²) in [7, 11) is 0. The van der Waals surface area contributed by atoms with Crippen LogP contribution in [-0.2, 0) is 4.79 Å². The molecule has 0 saturated heterocycles. The predicted octanol–water partition coefficient (Wildman–Crippen LogP) is 2.41. The topological polar surface area (TPSA) is 94.0 Å². The van der Waals surface area contributed by atoms with E-state index in [0.29, 0.717) is 11.7 Å². The lowest BCUT2D eigenvalue weighted by Crippen LogP contribution is -2.31. The van der Waals surface area contributed by atoms with Crippen molar-refractivity contribution in [1.29, 1.82) is 0 Å². The van der Waals surface area contributed by atoms with Crippen LogP contribution < -0.4 is 11.1 Å². The van der Waals surface area contributed by atoms with Gasteiger partial charge in [-0.2, -0.15) is 4.98 Å². The normalized spacial score (nSPS) is 13.7. The van der Waals surface area contributed by atoms with Gasteiger partial charge in [0.2, 0.25) is 17.6 Å². The van der Waals surface area contributed by atoms with E-state index in [9.17, 15) is 4.79 Å². The summed E-state index contributed by atoms with van der Waals surface area (Å²) in [5, 5.41) is 6.71. The van der Waals surface area contributed by atoms with Gasteiger partial charge in [0, 0.05) is 22.5 Å². The largest absolute Gasteiger partial charge is 0.345 e. The Bertz CT molecular complexity index is 610. The van der Waals surface area contributed by atoms with Crippen molar-refractivity contribution in [2.45, 2.75) is 32.4 Å². The highest BCUT2D eigenvalue weighted by Gasteiger charge is 2.17. The number of nitrogens with one attached hydrogen (secondary N) is 1. The lowest BCUT2D eigenvalue weighted by molar-refractivity contribution is -0.122. The Morgan fingerprint density at radius 3 is 2.67 bits per heavy atom. The monoisotopic (exact) mass is 352 g/mol. The Morgan fingerprint density at radius 2 is 2.05 bits per heavy atom. The van der Waals surface area contributed by atoms with Gasteiger partial charge < -0.3 is 15.6 Å². The first-order valence-electron chi connectivity index (χ1n) is 6.60. The molecule has 6 nitrogen and oxygen atoms in total. The van der Waals surface area contributed by atoms with Gasteiger partial charge in [0.15, 0.2) is 0 Å². The van der Waals surface area contributed by atoms with Crippen LogP contribution in [0.5, 0.6) is 0 Å². The Hall–Kier alpha value is -1.73. The Balaban J connectivity index is 2.05. The van der Waals surface area contributed by atoms with Gasteiger partial charge in [-0.15, -0.1) is 0 Å². The zero-order chi connectivity index (χ0) is 15.4. The zero-order valence-corrected chi connectivity index (χ0v) is 13.4. The van der Waals surface area contributed by atoms with E-state index in [1.54, 1.807) is 13.8 Å². The van der Waals surface area contributed by atoms with E-state index in [1.807, 2.05) is 24.3 Å². The Labute approximate surface area is 131 Å². The van der Waals surface area contributed by atoms with Crippen LogP contribution >= 0.6 is 15.9 Å². The fourth-order valence-corrected chi connectivity index (χ4v) is 2.05. The molecule has 2 unspecified atom stereocenters. The third-order valence-corrected chi connectivity index (χ3v) is 3.33. The number of halogens is 1. The van der Waals surface area contributed by atoms with Gasteiger partial charge in [-0.1, -0.05) is 21.1 Å². The molecule has 0 bridgehead atoms. The Kier molecular flexibility index (Phi) is 5.08. The zero-order valence-electron chi connectivity index (χ0n) is 11.8. The van der Waals surface area contributed by atoms with E-state index in [2.05, 4.69) is 31.4 Å². The minimum Gasteiger partial charge on any atom is -0.345 e. The minimum absolute atomic E-state index is 0.138. The second kappa shape index (κ2) is 6.82. The molecule has 1 heterocycles. The standard InChI is InChI=1S/C14H17BrN4O2/c1-8(16)7-12(20)17-9(2)14-18-13(19-21-14)10-3-5-11(15)6-4-10/h3-6,8-9H,7,16H2,1-2H3,(H,17,20). The van der Waals surface area contributed by atoms with E-state index in [1.165, 1.54) is 0 Å². The summed E-state index contributed by atoms with van der Waals surface area (Å²) in [4.78, 5) is 16.0. The van der Waals surface area contributed by atoms with Crippen LogP contribution in [0, 0.1) is 0 Å². The lowest BCUT2D eigenvalue weighted by atomic mass is 10.2. The van der Waals surface area contributed by atoms with Crippen LogP contribution in [-0.4, -0.2) is 22.1 Å². The summed E-state index contributed by atoms with van der Waals surface area (Å²) in [6.45, 7) is 3.57. The summed E-state index contributed by atoms with van der Waals surface area (Å²) in [5.41, 5.74) is 6.43. The average Bonchev–Trinajstić information content (AvgIpc) is 2.88. The molecule has 0 saturated carbocycles. The van der Waals surface area contributed by atoms with E-state index in [-0.39, 0.29) is 24.4 Å². The molecule has 2 rings (SSSR count). The lowest BCUT2D eigenvalue weighted by Gasteiger charge is -2.10. The van der Waals surface area contributed by atoms with Crippen molar-refractivity contribution in [1.82, 2.24) is 15.5 Å². The third kappa shape index (κ3) is 4.37. The molecule has 0 spiro atoms. The molecule has 7 heteroatoms. The van der Waals surface area contributed by atoms with E-state index < -0.39 is 0 Å². The summed E-state index contributed by atoms with van der Waals surface area (Å²) in [6, 6.07) is 7.04. The molecule has 3 N–H and O–H groups in total. The molecule has 0 aliphatic carbocycles. The highest BCUT2D eigenvalue weighted by molar-refractivity contribution is 9.10. The molecule has 2 aromatic rings. The molecule has 1 aromatic heterocycles. The minimum atomic E-state index is -0.354. The molecular formula is C14H17BrN4O2. The number of aromatic nitrogens is 2. The Morgan fingerprint density at radius 1 is 1.38 bits per heavy atom. The first kappa shape index (κ1) is 15.7. The molecule has 0 radical (unpaired) electrons. The van der Waals surface area contributed by atoms with Gasteiger partial charge in [-0.05, 0) is 38.1 Å². The number of carbonyl (C=O) groups excluding carboxylic acids is 1. The molecule has 1 aromatic carbocycles. The van der Waals surface area contributed by atoms with Gasteiger partial charge >= 0.3 is 0 Å². The van der Waals surface area contributed by atoms with Crippen molar-refractivity contribution in [3.05, 3.63) is 34.6 Å². The molecular weight excluding hydrogens is 336 g/mol. The SMILES string of the molecule is CC(N)CC(=O)NC(C)c1nc(-c2ccc(Br)cc2)no1. The average molecular weight is 353 g/mol. The van der Waals surface area contributed by atoms with Crippen molar-refractivity contribution in [2.24, 2.45) is 5.73 Å². The number of carbonyl (C=O) groups is 1. The maximum Gasteiger partial charge on any atom is 0.249 e. The second-order valence-corrected chi connectivity index (χ2v) is 5.85. The summed E-state index contributed by atoms with van der Waals surface area (Å²) < 4.78 is 6.18. The summed E-state index contributed by atoms with van der Waals surface area (Å²) in [5.74, 6) is 0.720. The first-order valence-corrected chi connectivity index (χ1v) is 7.39. The van der Waals surface area contributed by atoms with E-state index in [4.69, 9.17) is 10.3 Å². The van der Waals surface area contributed by atoms with Gasteiger partial charge in [-0.3, -0.25) is 4.79 Å². The number of rotatable bonds is 5. The maximum atomic E-state index is 11.7. The number of hydrogen-bond acceptors (Lipinski definition) is 5. The second-order valence-electron chi connectivity index (χ2n) is 4.93. The van der Waals surface area contributed by atoms with Crippen molar-refractivity contribution in [2.75, 3.05) is 0 Å². The molecule has 0 fully saturated rings. The van der Waals surface area contributed by atoms with Crippen LogP contribution in [0.4, 0.5) is 0 Å². The van der Waals surface area contributed by atoms with Crippen LogP contribution in [0.25, 0.3) is 11.4 Å².